The number of aliphatic hydroxyl groups excluding tert-OH is 1. The highest BCUT2D eigenvalue weighted by Gasteiger charge is 2.31. The smallest absolute Gasteiger partial charge is 0.0690 e. The Morgan fingerprint density at radius 3 is 2.87 bits per heavy atom. The molecule has 1 aromatic heterocycles. The molecule has 76 valence electrons. The van der Waals surface area contributed by atoms with Gasteiger partial charge in [0.2, 0.25) is 0 Å². The Kier molecular flexibility index (Phi) is 1.89. The standard InChI is InChI=1S/C13H13NO/c15-12-7-9-3-1-2-4-11(9)13(12)10-5-6-14-8-10/h1-6,8,12-15H,7H2. The second kappa shape index (κ2) is 3.24. The molecular weight excluding hydrogens is 186 g/mol. The Labute approximate surface area is 88.6 Å². The quantitative estimate of drug-likeness (QED) is 0.724. The van der Waals surface area contributed by atoms with Crippen LogP contribution >= 0.6 is 0 Å². The van der Waals surface area contributed by atoms with Crippen LogP contribution in [0.2, 0.25) is 0 Å². The summed E-state index contributed by atoms with van der Waals surface area (Å²) in [6.07, 6.45) is 4.36. The first-order valence-corrected chi connectivity index (χ1v) is 5.25. The van der Waals surface area contributed by atoms with Crippen molar-refractivity contribution in [1.82, 2.24) is 4.98 Å². The van der Waals surface area contributed by atoms with Crippen molar-refractivity contribution < 1.29 is 5.11 Å². The fourth-order valence-corrected chi connectivity index (χ4v) is 2.51. The van der Waals surface area contributed by atoms with E-state index in [0.717, 1.165) is 6.42 Å². The zero-order chi connectivity index (χ0) is 10.3. The number of hydrogen-bond acceptors (Lipinski definition) is 1. The second-order valence-electron chi connectivity index (χ2n) is 4.09. The SMILES string of the molecule is OC1Cc2ccccc2C1c1cc[nH]c1. The number of aromatic amines is 1. The maximum absolute atomic E-state index is 10.1. The number of fused-ring (bicyclic) bond motifs is 1. The molecule has 3 rings (SSSR count). The van der Waals surface area contributed by atoms with Crippen LogP contribution in [-0.2, 0) is 6.42 Å². The van der Waals surface area contributed by atoms with Crippen molar-refractivity contribution in [3.8, 4) is 0 Å². The van der Waals surface area contributed by atoms with E-state index in [9.17, 15) is 5.11 Å². The molecule has 0 bridgehead atoms. The molecule has 2 heteroatoms. The van der Waals surface area contributed by atoms with Crippen LogP contribution in [0.3, 0.4) is 0 Å². The van der Waals surface area contributed by atoms with Crippen molar-refractivity contribution in [2.24, 2.45) is 0 Å². The van der Waals surface area contributed by atoms with Gasteiger partial charge in [0.1, 0.15) is 0 Å². The molecule has 0 spiro atoms. The summed E-state index contributed by atoms with van der Waals surface area (Å²) in [5.74, 6) is 0.146. The van der Waals surface area contributed by atoms with Gasteiger partial charge in [0.05, 0.1) is 6.10 Å². The van der Waals surface area contributed by atoms with Gasteiger partial charge in [0.25, 0.3) is 0 Å². The molecule has 1 aromatic carbocycles. The van der Waals surface area contributed by atoms with Gasteiger partial charge < -0.3 is 10.1 Å². The van der Waals surface area contributed by atoms with Crippen molar-refractivity contribution >= 4 is 0 Å². The maximum atomic E-state index is 10.1. The summed E-state index contributed by atoms with van der Waals surface area (Å²) in [5, 5.41) is 10.1. The van der Waals surface area contributed by atoms with Crippen molar-refractivity contribution in [3.63, 3.8) is 0 Å². The zero-order valence-electron chi connectivity index (χ0n) is 8.35. The fraction of sp³-hybridized carbons (Fsp3) is 0.231. The van der Waals surface area contributed by atoms with E-state index in [1.807, 2.05) is 30.6 Å². The number of H-pyrrole nitrogens is 1. The highest BCUT2D eigenvalue weighted by molar-refractivity contribution is 5.43. The predicted octanol–water partition coefficient (Wildman–Crippen LogP) is 2.06. The van der Waals surface area contributed by atoms with E-state index in [4.69, 9.17) is 0 Å². The normalized spacial score (nSPS) is 24.1. The lowest BCUT2D eigenvalue weighted by atomic mass is 9.94. The van der Waals surface area contributed by atoms with Gasteiger partial charge in [-0.05, 0) is 29.2 Å². The predicted molar refractivity (Wildman–Crippen MR) is 58.8 cm³/mol. The number of aliphatic hydroxyl groups is 1. The number of aromatic nitrogens is 1. The minimum Gasteiger partial charge on any atom is -0.392 e. The monoisotopic (exact) mass is 199 g/mol. The highest BCUT2D eigenvalue weighted by atomic mass is 16.3. The van der Waals surface area contributed by atoms with E-state index in [-0.39, 0.29) is 12.0 Å². The molecule has 0 radical (unpaired) electrons. The van der Waals surface area contributed by atoms with E-state index < -0.39 is 0 Å². The van der Waals surface area contributed by atoms with Crippen LogP contribution in [0.25, 0.3) is 0 Å². The lowest BCUT2D eigenvalue weighted by Gasteiger charge is -2.13. The van der Waals surface area contributed by atoms with Crippen LogP contribution in [0, 0.1) is 0 Å². The second-order valence-corrected chi connectivity index (χ2v) is 4.09. The average Bonchev–Trinajstić information content (AvgIpc) is 2.82. The summed E-state index contributed by atoms with van der Waals surface area (Å²) in [4.78, 5) is 3.05. The molecule has 0 amide bonds. The first-order valence-electron chi connectivity index (χ1n) is 5.25. The number of nitrogens with one attached hydrogen (secondary N) is 1. The lowest BCUT2D eigenvalue weighted by molar-refractivity contribution is 0.169. The first kappa shape index (κ1) is 8.74. The Bertz CT molecular complexity index is 461. The lowest BCUT2D eigenvalue weighted by Crippen LogP contribution is -2.13. The summed E-state index contributed by atoms with van der Waals surface area (Å²) >= 11 is 0. The third-order valence-electron chi connectivity index (χ3n) is 3.19. The molecule has 0 saturated heterocycles. The van der Waals surface area contributed by atoms with Gasteiger partial charge in [0, 0.05) is 18.3 Å². The van der Waals surface area contributed by atoms with E-state index >= 15 is 0 Å². The molecular formula is C13H13NO. The maximum Gasteiger partial charge on any atom is 0.0690 e. The van der Waals surface area contributed by atoms with Crippen molar-refractivity contribution in [2.75, 3.05) is 0 Å². The average molecular weight is 199 g/mol. The molecule has 0 fully saturated rings. The summed E-state index contributed by atoms with van der Waals surface area (Å²) < 4.78 is 0. The summed E-state index contributed by atoms with van der Waals surface area (Å²) in [6, 6.07) is 10.3. The Morgan fingerprint density at radius 2 is 2.07 bits per heavy atom. The van der Waals surface area contributed by atoms with Gasteiger partial charge in [-0.3, -0.25) is 0 Å². The van der Waals surface area contributed by atoms with E-state index in [1.165, 1.54) is 16.7 Å². The van der Waals surface area contributed by atoms with Crippen molar-refractivity contribution in [3.05, 3.63) is 59.4 Å². The highest BCUT2D eigenvalue weighted by Crippen LogP contribution is 2.37. The molecule has 2 N–H and O–H groups in total. The van der Waals surface area contributed by atoms with Crippen LogP contribution in [-0.4, -0.2) is 16.2 Å². The Hall–Kier alpha value is -1.54. The van der Waals surface area contributed by atoms with Crippen molar-refractivity contribution in [2.45, 2.75) is 18.4 Å². The number of rotatable bonds is 1. The molecule has 15 heavy (non-hydrogen) atoms. The van der Waals surface area contributed by atoms with Gasteiger partial charge in [0.15, 0.2) is 0 Å². The van der Waals surface area contributed by atoms with Gasteiger partial charge in [-0.1, -0.05) is 24.3 Å². The molecule has 2 nitrogen and oxygen atoms in total. The number of hydrogen-bond donors (Lipinski definition) is 2. The van der Waals surface area contributed by atoms with E-state index in [0.29, 0.717) is 0 Å². The Balaban J connectivity index is 2.10. The van der Waals surface area contributed by atoms with E-state index in [1.54, 1.807) is 0 Å². The summed E-state index contributed by atoms with van der Waals surface area (Å²) in [7, 11) is 0. The van der Waals surface area contributed by atoms with E-state index in [2.05, 4.69) is 17.1 Å². The molecule has 0 saturated carbocycles. The minimum atomic E-state index is -0.279. The zero-order valence-corrected chi connectivity index (χ0v) is 8.35. The van der Waals surface area contributed by atoms with Crippen LogP contribution < -0.4 is 0 Å². The molecule has 1 aliphatic rings. The van der Waals surface area contributed by atoms with Crippen LogP contribution in [0.5, 0.6) is 0 Å². The molecule has 1 aliphatic carbocycles. The molecule has 2 atom stereocenters. The fourth-order valence-electron chi connectivity index (χ4n) is 2.51. The van der Waals surface area contributed by atoms with Crippen molar-refractivity contribution in [1.29, 1.82) is 0 Å². The van der Waals surface area contributed by atoms with Crippen LogP contribution in [0.15, 0.2) is 42.7 Å². The first-order chi connectivity index (χ1) is 7.36. The van der Waals surface area contributed by atoms with Gasteiger partial charge >= 0.3 is 0 Å². The van der Waals surface area contributed by atoms with Crippen LogP contribution in [0.1, 0.15) is 22.6 Å². The van der Waals surface area contributed by atoms with Gasteiger partial charge in [-0.2, -0.15) is 0 Å². The van der Waals surface area contributed by atoms with Gasteiger partial charge in [-0.25, -0.2) is 0 Å². The molecule has 0 aliphatic heterocycles. The summed E-state index contributed by atoms with van der Waals surface area (Å²) in [6.45, 7) is 0. The van der Waals surface area contributed by atoms with Crippen LogP contribution in [0.4, 0.5) is 0 Å². The molecule has 2 unspecified atom stereocenters. The molecule has 1 heterocycles. The minimum absolute atomic E-state index is 0.146. The third kappa shape index (κ3) is 1.29. The number of benzene rings is 1. The topological polar surface area (TPSA) is 36.0 Å². The molecule has 2 aromatic rings. The largest absolute Gasteiger partial charge is 0.392 e. The third-order valence-corrected chi connectivity index (χ3v) is 3.19. The Morgan fingerprint density at radius 1 is 1.20 bits per heavy atom. The van der Waals surface area contributed by atoms with Gasteiger partial charge in [-0.15, -0.1) is 0 Å². The summed E-state index contributed by atoms with van der Waals surface area (Å²) in [5.41, 5.74) is 3.72.